The summed E-state index contributed by atoms with van der Waals surface area (Å²) >= 11 is 0. The maximum absolute atomic E-state index is 14.3. The van der Waals surface area contributed by atoms with E-state index in [-0.39, 0.29) is 23.5 Å². The lowest BCUT2D eigenvalue weighted by Gasteiger charge is -2.13. The number of imidazole rings is 1. The molecule has 2 rings (SSSR count). The van der Waals surface area contributed by atoms with E-state index in [0.29, 0.717) is 0 Å². The van der Waals surface area contributed by atoms with E-state index in [0.717, 1.165) is 6.20 Å². The largest absolute Gasteiger partial charge is 0.434 e. The fourth-order valence-corrected chi connectivity index (χ4v) is 2.21. The van der Waals surface area contributed by atoms with Gasteiger partial charge in [0.25, 0.3) is 0 Å². The van der Waals surface area contributed by atoms with Crippen molar-refractivity contribution in [2.45, 2.75) is 32.6 Å². The van der Waals surface area contributed by atoms with E-state index in [2.05, 4.69) is 10.3 Å². The van der Waals surface area contributed by atoms with Gasteiger partial charge >= 0.3 is 6.18 Å². The second-order valence-electron chi connectivity index (χ2n) is 5.38. The van der Waals surface area contributed by atoms with Gasteiger partial charge in [0, 0.05) is 24.3 Å². The molecule has 0 saturated heterocycles. The Bertz CT molecular complexity index is 704. The smallest absolute Gasteiger partial charge is 0.328 e. The van der Waals surface area contributed by atoms with E-state index in [4.69, 9.17) is 0 Å². The summed E-state index contributed by atoms with van der Waals surface area (Å²) in [6.07, 6.45) is -3.85. The molecule has 0 atom stereocenters. The van der Waals surface area contributed by atoms with Crippen molar-refractivity contribution in [2.75, 3.05) is 7.05 Å². The quantitative estimate of drug-likeness (QED) is 0.852. The molecular weight excluding hydrogens is 317 g/mol. The van der Waals surface area contributed by atoms with E-state index in [1.807, 2.05) is 0 Å². The third kappa shape index (κ3) is 3.36. The van der Waals surface area contributed by atoms with Crippen LogP contribution >= 0.6 is 0 Å². The van der Waals surface area contributed by atoms with Crippen molar-refractivity contribution >= 4 is 0 Å². The summed E-state index contributed by atoms with van der Waals surface area (Å²) in [5, 5.41) is 2.69. The monoisotopic (exact) mass is 333 g/mol. The summed E-state index contributed by atoms with van der Waals surface area (Å²) in [6, 6.07) is 2.18. The van der Waals surface area contributed by atoms with Gasteiger partial charge in [-0.25, -0.2) is 13.8 Å². The first kappa shape index (κ1) is 17.4. The maximum Gasteiger partial charge on any atom is 0.434 e. The molecule has 0 radical (unpaired) electrons. The number of rotatable bonds is 4. The molecule has 0 aliphatic heterocycles. The Hall–Kier alpha value is -1.96. The van der Waals surface area contributed by atoms with Crippen LogP contribution in [0.3, 0.4) is 0 Å². The summed E-state index contributed by atoms with van der Waals surface area (Å²) in [5.41, 5.74) is -1.35. The van der Waals surface area contributed by atoms with Gasteiger partial charge in [0.1, 0.15) is 5.82 Å². The summed E-state index contributed by atoms with van der Waals surface area (Å²) in [7, 11) is 1.58. The minimum Gasteiger partial charge on any atom is -0.328 e. The Morgan fingerprint density at radius 2 is 1.83 bits per heavy atom. The first-order valence-corrected chi connectivity index (χ1v) is 6.94. The van der Waals surface area contributed by atoms with Crippen LogP contribution in [0.25, 0.3) is 11.4 Å². The molecule has 126 valence electrons. The zero-order valence-electron chi connectivity index (χ0n) is 12.8. The van der Waals surface area contributed by atoms with Crippen LogP contribution in [0.15, 0.2) is 18.3 Å². The predicted molar refractivity (Wildman–Crippen MR) is 75.7 cm³/mol. The molecule has 8 heteroatoms. The molecule has 3 nitrogen and oxygen atoms in total. The summed E-state index contributed by atoms with van der Waals surface area (Å²) in [5.74, 6) is -2.55. The van der Waals surface area contributed by atoms with Gasteiger partial charge in [0.15, 0.2) is 17.3 Å². The molecule has 0 bridgehead atoms. The number of aromatic nitrogens is 2. The predicted octanol–water partition coefficient (Wildman–Crippen LogP) is 4.15. The molecule has 1 N–H and O–H groups in total. The molecule has 0 aliphatic rings. The van der Waals surface area contributed by atoms with Gasteiger partial charge in [-0.1, -0.05) is 6.07 Å². The molecule has 1 aromatic heterocycles. The lowest BCUT2D eigenvalue weighted by atomic mass is 10.1. The molecule has 0 unspecified atom stereocenters. The third-order valence-corrected chi connectivity index (χ3v) is 3.35. The van der Waals surface area contributed by atoms with Crippen LogP contribution in [0, 0.1) is 11.6 Å². The van der Waals surface area contributed by atoms with Crippen molar-refractivity contribution in [3.05, 3.63) is 41.2 Å². The van der Waals surface area contributed by atoms with Crippen molar-refractivity contribution in [3.63, 3.8) is 0 Å². The summed E-state index contributed by atoms with van der Waals surface area (Å²) < 4.78 is 68.1. The Balaban J connectivity index is 2.62. The number of halogens is 5. The summed E-state index contributed by atoms with van der Waals surface area (Å²) in [6.45, 7) is 3.37. The van der Waals surface area contributed by atoms with Crippen LogP contribution in [0.5, 0.6) is 0 Å². The molecule has 23 heavy (non-hydrogen) atoms. The first-order chi connectivity index (χ1) is 10.7. The van der Waals surface area contributed by atoms with Gasteiger partial charge in [-0.3, -0.25) is 0 Å². The average molecular weight is 333 g/mol. The van der Waals surface area contributed by atoms with Crippen molar-refractivity contribution < 1.29 is 22.0 Å². The number of benzene rings is 1. The van der Waals surface area contributed by atoms with Crippen LogP contribution < -0.4 is 5.32 Å². The second-order valence-corrected chi connectivity index (χ2v) is 5.38. The number of hydrogen-bond acceptors (Lipinski definition) is 2. The van der Waals surface area contributed by atoms with Crippen LogP contribution in [0.1, 0.15) is 31.1 Å². The van der Waals surface area contributed by atoms with E-state index in [1.165, 1.54) is 16.7 Å². The van der Waals surface area contributed by atoms with Gasteiger partial charge < -0.3 is 9.88 Å². The standard InChI is InChI=1S/C15H16F5N3/c1-8(2)23-7-11(15(18,19)20)22-14(23)10-5-4-9(6-21-3)12(16)13(10)17/h4-5,7-8,21H,6H2,1-3H3. The van der Waals surface area contributed by atoms with E-state index >= 15 is 0 Å². The topological polar surface area (TPSA) is 29.9 Å². The van der Waals surface area contributed by atoms with Crippen molar-refractivity contribution in [1.29, 1.82) is 0 Å². The molecule has 0 aliphatic carbocycles. The van der Waals surface area contributed by atoms with Crippen LogP contribution in [0.4, 0.5) is 22.0 Å². The molecule has 0 fully saturated rings. The zero-order valence-corrected chi connectivity index (χ0v) is 12.8. The fourth-order valence-electron chi connectivity index (χ4n) is 2.21. The third-order valence-electron chi connectivity index (χ3n) is 3.35. The van der Waals surface area contributed by atoms with E-state index in [1.54, 1.807) is 20.9 Å². The van der Waals surface area contributed by atoms with Crippen LogP contribution in [-0.2, 0) is 12.7 Å². The van der Waals surface area contributed by atoms with E-state index in [9.17, 15) is 22.0 Å². The van der Waals surface area contributed by atoms with Gasteiger partial charge in [-0.2, -0.15) is 13.2 Å². The molecule has 1 aromatic carbocycles. The maximum atomic E-state index is 14.3. The van der Waals surface area contributed by atoms with Gasteiger partial charge in [-0.15, -0.1) is 0 Å². The molecule has 1 heterocycles. The Morgan fingerprint density at radius 3 is 2.35 bits per heavy atom. The Labute approximate surface area is 130 Å². The number of hydrogen-bond donors (Lipinski definition) is 1. The van der Waals surface area contributed by atoms with Crippen LogP contribution in [0.2, 0.25) is 0 Å². The Kier molecular flexibility index (Phi) is 4.74. The molecule has 0 spiro atoms. The molecule has 0 saturated carbocycles. The Morgan fingerprint density at radius 1 is 1.17 bits per heavy atom. The average Bonchev–Trinajstić information content (AvgIpc) is 2.89. The van der Waals surface area contributed by atoms with Crippen molar-refractivity contribution in [3.8, 4) is 11.4 Å². The molecular formula is C15H16F5N3. The van der Waals surface area contributed by atoms with Gasteiger partial charge in [0.05, 0.1) is 5.56 Å². The second kappa shape index (κ2) is 6.27. The minimum atomic E-state index is -4.66. The van der Waals surface area contributed by atoms with Crippen molar-refractivity contribution in [2.24, 2.45) is 0 Å². The fraction of sp³-hybridized carbons (Fsp3) is 0.400. The first-order valence-electron chi connectivity index (χ1n) is 6.94. The van der Waals surface area contributed by atoms with E-state index < -0.39 is 29.5 Å². The highest BCUT2D eigenvalue weighted by atomic mass is 19.4. The van der Waals surface area contributed by atoms with Gasteiger partial charge in [0.2, 0.25) is 0 Å². The highest BCUT2D eigenvalue weighted by Gasteiger charge is 2.35. The lowest BCUT2D eigenvalue weighted by Crippen LogP contribution is -2.09. The number of nitrogens with zero attached hydrogens (tertiary/aromatic N) is 2. The highest BCUT2D eigenvalue weighted by Crippen LogP contribution is 2.34. The minimum absolute atomic E-state index is 0.0902. The summed E-state index contributed by atoms with van der Waals surface area (Å²) in [4.78, 5) is 3.47. The molecule has 2 aromatic rings. The normalized spacial score (nSPS) is 12.2. The van der Waals surface area contributed by atoms with Crippen molar-refractivity contribution in [1.82, 2.24) is 14.9 Å². The number of nitrogens with one attached hydrogen (secondary N) is 1. The van der Waals surface area contributed by atoms with Gasteiger partial charge in [-0.05, 0) is 27.0 Å². The molecule has 0 amide bonds. The SMILES string of the molecule is CNCc1ccc(-c2nc(C(F)(F)F)cn2C(C)C)c(F)c1F. The number of alkyl halides is 3. The zero-order chi connectivity index (χ0) is 17.4. The lowest BCUT2D eigenvalue weighted by molar-refractivity contribution is -0.140. The highest BCUT2D eigenvalue weighted by molar-refractivity contribution is 5.58. The van der Waals surface area contributed by atoms with Crippen LogP contribution in [-0.4, -0.2) is 16.6 Å².